The molecule has 1 aromatic carbocycles. The Morgan fingerprint density at radius 3 is 2.65 bits per heavy atom. The fourth-order valence-electron chi connectivity index (χ4n) is 3.52. The van der Waals surface area contributed by atoms with Gasteiger partial charge in [-0.25, -0.2) is 13.8 Å². The number of amidine groups is 2. The molecule has 1 atom stereocenters. The van der Waals surface area contributed by atoms with E-state index in [1.165, 1.54) is 24.4 Å². The van der Waals surface area contributed by atoms with Gasteiger partial charge in [0.15, 0.2) is 17.4 Å². The minimum Gasteiger partial charge on any atom is -0.504 e. The molecule has 34 heavy (non-hydrogen) atoms. The molecular formula is C20H20Cl2F2N8O2. The van der Waals surface area contributed by atoms with E-state index in [9.17, 15) is 18.7 Å². The molecule has 1 fully saturated rings. The molecule has 14 heteroatoms. The summed E-state index contributed by atoms with van der Waals surface area (Å²) in [5, 5.41) is 35.5. The van der Waals surface area contributed by atoms with Crippen molar-refractivity contribution >= 4 is 58.6 Å². The van der Waals surface area contributed by atoms with Crippen molar-refractivity contribution in [1.82, 2.24) is 10.3 Å². The highest BCUT2D eigenvalue weighted by Crippen LogP contribution is 2.34. The summed E-state index contributed by atoms with van der Waals surface area (Å²) in [4.78, 5) is 19.2. The first kappa shape index (κ1) is 25.1. The van der Waals surface area contributed by atoms with E-state index in [2.05, 4.69) is 10.3 Å². The zero-order valence-electron chi connectivity index (χ0n) is 17.4. The van der Waals surface area contributed by atoms with Crippen LogP contribution in [0.2, 0.25) is 10.0 Å². The van der Waals surface area contributed by atoms with Crippen LogP contribution in [0, 0.1) is 16.2 Å². The number of carbonyl (C=O) groups is 1. The minimum atomic E-state index is -3.09. The van der Waals surface area contributed by atoms with Crippen LogP contribution in [0.4, 0.5) is 20.3 Å². The maximum Gasteiger partial charge on any atom is 0.295 e. The zero-order valence-corrected chi connectivity index (χ0v) is 19.0. The van der Waals surface area contributed by atoms with Gasteiger partial charge in [-0.2, -0.15) is 0 Å². The number of alkyl halides is 2. The number of hydrogen-bond donors (Lipinski definition) is 6. The topological polar surface area (TPSA) is 166 Å². The van der Waals surface area contributed by atoms with E-state index in [0.29, 0.717) is 30.7 Å². The maximum atomic E-state index is 12.8. The zero-order chi connectivity index (χ0) is 25.2. The van der Waals surface area contributed by atoms with Crippen molar-refractivity contribution in [1.29, 1.82) is 16.2 Å². The molecule has 1 aliphatic heterocycles. The number of pyridine rings is 1. The lowest BCUT2D eigenvalue weighted by Crippen LogP contribution is -2.37. The van der Waals surface area contributed by atoms with Crippen LogP contribution in [-0.2, 0) is 0 Å². The number of benzene rings is 1. The molecule has 1 amide bonds. The van der Waals surface area contributed by atoms with Gasteiger partial charge in [0.1, 0.15) is 5.84 Å². The van der Waals surface area contributed by atoms with Gasteiger partial charge in [-0.1, -0.05) is 23.2 Å². The molecule has 3 rings (SSSR count). The van der Waals surface area contributed by atoms with Crippen LogP contribution in [0.1, 0.15) is 22.3 Å². The first-order valence-corrected chi connectivity index (χ1v) is 10.5. The molecule has 0 radical (unpaired) electrons. The van der Waals surface area contributed by atoms with Crippen LogP contribution in [0.5, 0.6) is 5.75 Å². The van der Waals surface area contributed by atoms with Gasteiger partial charge in [0, 0.05) is 31.0 Å². The molecule has 0 bridgehead atoms. The van der Waals surface area contributed by atoms with E-state index < -0.39 is 24.0 Å². The number of carbonyl (C=O) groups excluding carboxylic acids is 1. The van der Waals surface area contributed by atoms with Crippen LogP contribution in [-0.4, -0.2) is 59.6 Å². The molecule has 2 aromatic rings. The highest BCUT2D eigenvalue weighted by atomic mass is 35.5. The quantitative estimate of drug-likeness (QED) is 0.246. The molecular weight excluding hydrogens is 493 g/mol. The van der Waals surface area contributed by atoms with Gasteiger partial charge in [-0.05, 0) is 24.6 Å². The van der Waals surface area contributed by atoms with Gasteiger partial charge >= 0.3 is 0 Å². The van der Waals surface area contributed by atoms with Crippen molar-refractivity contribution < 1.29 is 18.7 Å². The van der Waals surface area contributed by atoms with Gasteiger partial charge in [-0.3, -0.25) is 25.9 Å². The molecule has 7 N–H and O–H groups in total. The maximum absolute atomic E-state index is 12.8. The average molecular weight is 513 g/mol. The van der Waals surface area contributed by atoms with Gasteiger partial charge in [0.2, 0.25) is 0 Å². The fraction of sp³-hybridized carbons (Fsp3) is 0.250. The Labute approximate surface area is 202 Å². The largest absolute Gasteiger partial charge is 0.504 e. The Kier molecular flexibility index (Phi) is 7.52. The Hall–Kier alpha value is -3.51. The van der Waals surface area contributed by atoms with Crippen molar-refractivity contribution in [2.75, 3.05) is 22.9 Å². The number of nitrogen functional groups attached to an aromatic ring is 1. The lowest BCUT2D eigenvalue weighted by atomic mass is 10.1. The minimum absolute atomic E-state index is 0.0232. The molecule has 1 saturated heterocycles. The third-order valence-corrected chi connectivity index (χ3v) is 5.75. The Morgan fingerprint density at radius 2 is 2.06 bits per heavy atom. The Morgan fingerprint density at radius 1 is 1.35 bits per heavy atom. The summed E-state index contributed by atoms with van der Waals surface area (Å²) in [5.41, 5.74) is 5.59. The number of aromatic hydroxyl groups is 1. The van der Waals surface area contributed by atoms with Gasteiger partial charge in [0.25, 0.3) is 12.3 Å². The summed E-state index contributed by atoms with van der Waals surface area (Å²) in [6.07, 6.45) is -0.723. The average Bonchev–Trinajstić information content (AvgIpc) is 3.21. The van der Waals surface area contributed by atoms with Crippen molar-refractivity contribution in [3.05, 3.63) is 45.6 Å². The third-order valence-electron chi connectivity index (χ3n) is 5.15. The number of anilines is 2. The lowest BCUT2D eigenvalue weighted by Gasteiger charge is -2.21. The standard InChI is InChI=1S/C20H20Cl2F2N8O2/c21-12-5-10(32(8-25)18(28)16(23)24)1-2-11(12)20(34)30-9-3-4-31(7-9)19-15(33)14(17(26)27)13(22)6-29-19/h1-2,5-6,8-9,16,25,28,33H,3-4,7H2,(H3,26,27)(H,30,34)/t9-/m1/s1. The van der Waals surface area contributed by atoms with Crippen molar-refractivity contribution in [3.63, 3.8) is 0 Å². The Balaban J connectivity index is 1.72. The smallest absolute Gasteiger partial charge is 0.295 e. The predicted octanol–water partition coefficient (Wildman–Crippen LogP) is 3.04. The van der Waals surface area contributed by atoms with Crippen LogP contribution in [0.15, 0.2) is 24.4 Å². The SMILES string of the molecule is N=CN(C(=N)C(F)F)c1ccc(C(=O)N[C@@H]2CCN(c3ncc(Cl)c(C(=N)N)c3O)C2)c(Cl)c1. The Bertz CT molecular complexity index is 1160. The summed E-state index contributed by atoms with van der Waals surface area (Å²) >= 11 is 12.1. The van der Waals surface area contributed by atoms with Crippen molar-refractivity contribution in [2.24, 2.45) is 5.73 Å². The van der Waals surface area contributed by atoms with Gasteiger partial charge < -0.3 is 21.1 Å². The second-order valence-electron chi connectivity index (χ2n) is 7.32. The molecule has 0 unspecified atom stereocenters. The number of rotatable bonds is 7. The molecule has 1 aromatic heterocycles. The number of nitrogens with zero attached hydrogens (tertiary/aromatic N) is 3. The van der Waals surface area contributed by atoms with Gasteiger partial charge in [0.05, 0.1) is 27.5 Å². The molecule has 1 aliphatic rings. The molecule has 0 saturated carbocycles. The van der Waals surface area contributed by atoms with E-state index in [4.69, 9.17) is 45.2 Å². The number of nitrogens with two attached hydrogens (primary N) is 1. The van der Waals surface area contributed by atoms with E-state index >= 15 is 0 Å². The molecule has 0 spiro atoms. The van der Waals surface area contributed by atoms with Crippen molar-refractivity contribution in [2.45, 2.75) is 18.9 Å². The first-order valence-electron chi connectivity index (χ1n) is 9.78. The number of halogens is 4. The fourth-order valence-corrected chi connectivity index (χ4v) is 4.02. The van der Waals surface area contributed by atoms with E-state index in [1.54, 1.807) is 4.90 Å². The summed E-state index contributed by atoms with van der Waals surface area (Å²) in [5.74, 6) is -2.15. The van der Waals surface area contributed by atoms with E-state index in [1.807, 2.05) is 0 Å². The summed E-state index contributed by atoms with van der Waals surface area (Å²) < 4.78 is 25.7. The van der Waals surface area contributed by atoms with Crippen LogP contribution in [0.3, 0.4) is 0 Å². The first-order chi connectivity index (χ1) is 16.0. The van der Waals surface area contributed by atoms with E-state index in [0.717, 1.165) is 0 Å². The monoisotopic (exact) mass is 512 g/mol. The molecule has 0 aliphatic carbocycles. The number of hydrogen-bond acceptors (Lipinski definition) is 7. The normalized spacial score (nSPS) is 15.3. The predicted molar refractivity (Wildman–Crippen MR) is 126 cm³/mol. The number of amides is 1. The lowest BCUT2D eigenvalue weighted by molar-refractivity contribution is 0.0940. The summed E-state index contributed by atoms with van der Waals surface area (Å²) in [6.45, 7) is 0.745. The highest BCUT2D eigenvalue weighted by Gasteiger charge is 2.29. The third kappa shape index (κ3) is 5.02. The molecule has 10 nitrogen and oxygen atoms in total. The second kappa shape index (κ2) is 10.2. The molecule has 180 valence electrons. The van der Waals surface area contributed by atoms with Crippen LogP contribution in [0.25, 0.3) is 0 Å². The van der Waals surface area contributed by atoms with Crippen molar-refractivity contribution in [3.8, 4) is 5.75 Å². The van der Waals surface area contributed by atoms with E-state index in [-0.39, 0.29) is 44.5 Å². The summed E-state index contributed by atoms with van der Waals surface area (Å²) in [6, 6.07) is 3.52. The van der Waals surface area contributed by atoms with Crippen LogP contribution >= 0.6 is 23.2 Å². The van der Waals surface area contributed by atoms with Gasteiger partial charge in [-0.15, -0.1) is 0 Å². The summed E-state index contributed by atoms with van der Waals surface area (Å²) in [7, 11) is 0. The molecule has 2 heterocycles. The van der Waals surface area contributed by atoms with Crippen LogP contribution < -0.4 is 20.9 Å². The highest BCUT2D eigenvalue weighted by molar-refractivity contribution is 6.35. The number of aromatic nitrogens is 1. The number of nitrogens with one attached hydrogen (secondary N) is 4. The second-order valence-corrected chi connectivity index (χ2v) is 8.14.